The van der Waals surface area contributed by atoms with Crippen molar-refractivity contribution in [2.45, 2.75) is 12.2 Å². The van der Waals surface area contributed by atoms with Gasteiger partial charge in [-0.2, -0.15) is 0 Å². The maximum atomic E-state index is 10.4. The van der Waals surface area contributed by atoms with Crippen molar-refractivity contribution in [3.05, 3.63) is 61.3 Å². The van der Waals surface area contributed by atoms with Crippen LogP contribution in [0, 0.1) is 0 Å². The lowest BCUT2D eigenvalue weighted by Crippen LogP contribution is -2.51. The van der Waals surface area contributed by atoms with Gasteiger partial charge < -0.3 is 28.5 Å². The summed E-state index contributed by atoms with van der Waals surface area (Å²) in [5.41, 5.74) is 1.61. The molecule has 12 nitrogen and oxygen atoms in total. The Morgan fingerprint density at radius 2 is 1.05 bits per heavy atom. The molecule has 5 rings (SSSR count). The molecule has 0 radical (unpaired) electrons. The molecule has 1 saturated heterocycles. The summed E-state index contributed by atoms with van der Waals surface area (Å²) < 4.78 is 21.8. The first-order valence-corrected chi connectivity index (χ1v) is 12.4. The van der Waals surface area contributed by atoms with E-state index in [2.05, 4.69) is 30.2 Å². The first kappa shape index (κ1) is 25.8. The Morgan fingerprint density at radius 3 is 1.39 bits per heavy atom. The molecule has 38 heavy (non-hydrogen) atoms. The van der Waals surface area contributed by atoms with Gasteiger partial charge in [0.25, 0.3) is 0 Å². The molecular weight excluding hydrogens is 492 g/mol. The van der Waals surface area contributed by atoms with Crippen LogP contribution in [0.2, 0.25) is 0 Å². The number of rotatable bonds is 12. The summed E-state index contributed by atoms with van der Waals surface area (Å²) in [4.78, 5) is 4.41. The molecule has 3 heterocycles. The summed E-state index contributed by atoms with van der Waals surface area (Å²) in [6, 6.07) is 14.6. The Labute approximate surface area is 219 Å². The molecule has 0 saturated carbocycles. The van der Waals surface area contributed by atoms with Gasteiger partial charge >= 0.3 is 0 Å². The zero-order valence-electron chi connectivity index (χ0n) is 20.8. The predicted molar refractivity (Wildman–Crippen MR) is 135 cm³/mol. The number of hydrogen-bond acceptors (Lipinski definition) is 12. The van der Waals surface area contributed by atoms with Crippen molar-refractivity contribution >= 4 is 0 Å². The minimum Gasteiger partial charge on any atom is -0.491 e. The maximum absolute atomic E-state index is 10.4. The van der Waals surface area contributed by atoms with Crippen LogP contribution in [0.5, 0.6) is 11.5 Å². The number of hydrogen-bond donors (Lipinski definition) is 2. The molecule has 12 heteroatoms. The van der Waals surface area contributed by atoms with Crippen LogP contribution in [0.15, 0.2) is 70.2 Å². The van der Waals surface area contributed by atoms with E-state index < -0.39 is 12.2 Å². The van der Waals surface area contributed by atoms with E-state index in [0.717, 1.165) is 37.3 Å². The molecule has 2 aromatic heterocycles. The van der Waals surface area contributed by atoms with E-state index in [0.29, 0.717) is 36.4 Å². The number of piperazine rings is 1. The molecule has 1 fully saturated rings. The van der Waals surface area contributed by atoms with Crippen molar-refractivity contribution in [3.8, 4) is 34.4 Å². The van der Waals surface area contributed by atoms with Gasteiger partial charge in [-0.3, -0.25) is 9.80 Å². The molecule has 1 aliphatic heterocycles. The molecule has 2 N–H and O–H groups in total. The van der Waals surface area contributed by atoms with Gasteiger partial charge in [0, 0.05) is 50.4 Å². The lowest BCUT2D eigenvalue weighted by molar-refractivity contribution is 0.0240. The number of aliphatic hydroxyl groups is 2. The molecule has 1 aliphatic rings. The normalized spacial score (nSPS) is 16.3. The van der Waals surface area contributed by atoms with Gasteiger partial charge in [0.05, 0.1) is 0 Å². The number of β-amino-alcohol motifs (C(OH)–C–C–N with tert-alkyl or cyclic N) is 2. The minimum absolute atomic E-state index is 0.200. The summed E-state index contributed by atoms with van der Waals surface area (Å²) in [5.74, 6) is 2.22. The van der Waals surface area contributed by atoms with Crippen molar-refractivity contribution in [2.24, 2.45) is 0 Å². The predicted octanol–water partition coefficient (Wildman–Crippen LogP) is 1.58. The second kappa shape index (κ2) is 12.6. The minimum atomic E-state index is -0.609. The molecule has 4 aromatic rings. The molecular formula is C26H30N6O6. The van der Waals surface area contributed by atoms with Crippen LogP contribution in [-0.2, 0) is 0 Å². The second-order valence-corrected chi connectivity index (χ2v) is 9.07. The Hall–Kier alpha value is -3.84. The number of nitrogens with zero attached hydrogens (tertiary/aromatic N) is 6. The fourth-order valence-corrected chi connectivity index (χ4v) is 4.23. The fourth-order valence-electron chi connectivity index (χ4n) is 4.23. The molecule has 0 amide bonds. The van der Waals surface area contributed by atoms with Crippen molar-refractivity contribution in [3.63, 3.8) is 0 Å². The molecule has 0 aliphatic carbocycles. The monoisotopic (exact) mass is 522 g/mol. The first-order valence-electron chi connectivity index (χ1n) is 12.4. The lowest BCUT2D eigenvalue weighted by Gasteiger charge is -2.36. The summed E-state index contributed by atoms with van der Waals surface area (Å²) >= 11 is 0. The average molecular weight is 523 g/mol. The number of aromatic nitrogens is 4. The molecule has 2 atom stereocenters. The van der Waals surface area contributed by atoms with Crippen LogP contribution in [0.4, 0.5) is 0 Å². The molecule has 0 bridgehead atoms. The molecule has 0 unspecified atom stereocenters. The highest BCUT2D eigenvalue weighted by molar-refractivity contribution is 5.54. The Morgan fingerprint density at radius 1 is 0.658 bits per heavy atom. The van der Waals surface area contributed by atoms with Crippen LogP contribution in [0.1, 0.15) is 0 Å². The van der Waals surface area contributed by atoms with Crippen LogP contribution < -0.4 is 9.47 Å². The standard InChI is InChI=1S/C26H30N6O6/c33-21(15-35-23-5-1-19(2-6-23)25-29-27-17-37-25)13-31-9-11-32(12-10-31)14-22(34)16-36-24-7-3-20(4-8-24)26-30-28-18-38-26/h1-8,17-18,21-22,33-34H,9-16H2/t21-,22-/m0/s1. The zero-order valence-corrected chi connectivity index (χ0v) is 20.8. The molecule has 2 aromatic carbocycles. The van der Waals surface area contributed by atoms with Gasteiger partial charge in [-0.1, -0.05) is 0 Å². The van der Waals surface area contributed by atoms with Crippen molar-refractivity contribution in [1.82, 2.24) is 30.2 Å². The smallest absolute Gasteiger partial charge is 0.247 e. The average Bonchev–Trinajstić information content (AvgIpc) is 3.68. The topological polar surface area (TPSA) is 143 Å². The van der Waals surface area contributed by atoms with E-state index in [1.807, 2.05) is 48.5 Å². The number of aliphatic hydroxyl groups excluding tert-OH is 2. The summed E-state index contributed by atoms with van der Waals surface area (Å²) in [7, 11) is 0. The van der Waals surface area contributed by atoms with E-state index in [4.69, 9.17) is 18.3 Å². The highest BCUT2D eigenvalue weighted by Crippen LogP contribution is 2.21. The maximum Gasteiger partial charge on any atom is 0.247 e. The summed E-state index contributed by atoms with van der Waals surface area (Å²) in [5, 5.41) is 36.0. The SMILES string of the molecule is O[C@H](COc1ccc(-c2nnco2)cc1)CN1CCN(C[C@H](O)COc2ccc(-c3nnco3)cc2)CC1. The van der Waals surface area contributed by atoms with Crippen molar-refractivity contribution in [2.75, 3.05) is 52.5 Å². The van der Waals surface area contributed by atoms with Crippen LogP contribution in [0.25, 0.3) is 22.9 Å². The van der Waals surface area contributed by atoms with Gasteiger partial charge in [0.2, 0.25) is 24.6 Å². The van der Waals surface area contributed by atoms with E-state index in [1.54, 1.807) is 0 Å². The highest BCUT2D eigenvalue weighted by Gasteiger charge is 2.21. The first-order chi connectivity index (χ1) is 18.6. The quantitative estimate of drug-likeness (QED) is 0.279. The van der Waals surface area contributed by atoms with Gasteiger partial charge in [-0.15, -0.1) is 20.4 Å². The Balaban J connectivity index is 0.966. The van der Waals surface area contributed by atoms with Crippen LogP contribution in [0.3, 0.4) is 0 Å². The van der Waals surface area contributed by atoms with Crippen molar-refractivity contribution in [1.29, 1.82) is 0 Å². The summed E-state index contributed by atoms with van der Waals surface area (Å²) in [6.07, 6.45) is 1.35. The van der Waals surface area contributed by atoms with E-state index in [9.17, 15) is 10.2 Å². The largest absolute Gasteiger partial charge is 0.491 e. The van der Waals surface area contributed by atoms with Crippen LogP contribution in [-0.4, -0.2) is 105 Å². The third kappa shape index (κ3) is 7.13. The molecule has 200 valence electrons. The van der Waals surface area contributed by atoms with Crippen molar-refractivity contribution < 1.29 is 28.5 Å². The van der Waals surface area contributed by atoms with Gasteiger partial charge in [0.15, 0.2) is 0 Å². The van der Waals surface area contributed by atoms with E-state index in [-0.39, 0.29) is 13.2 Å². The zero-order chi connectivity index (χ0) is 26.2. The Kier molecular flexibility index (Phi) is 8.56. The third-order valence-corrected chi connectivity index (χ3v) is 6.21. The number of ether oxygens (including phenoxy) is 2. The highest BCUT2D eigenvalue weighted by atomic mass is 16.5. The lowest BCUT2D eigenvalue weighted by atomic mass is 10.2. The van der Waals surface area contributed by atoms with E-state index in [1.165, 1.54) is 12.8 Å². The number of benzene rings is 2. The van der Waals surface area contributed by atoms with E-state index >= 15 is 0 Å². The second-order valence-electron chi connectivity index (χ2n) is 9.07. The summed E-state index contributed by atoms with van der Waals surface area (Å²) in [6.45, 7) is 4.68. The third-order valence-electron chi connectivity index (χ3n) is 6.21. The van der Waals surface area contributed by atoms with Crippen LogP contribution >= 0.6 is 0 Å². The van der Waals surface area contributed by atoms with Gasteiger partial charge in [-0.25, -0.2) is 0 Å². The van der Waals surface area contributed by atoms with Gasteiger partial charge in [0.1, 0.15) is 36.9 Å². The van der Waals surface area contributed by atoms with Gasteiger partial charge in [-0.05, 0) is 48.5 Å². The Bertz CT molecular complexity index is 1110. The fraction of sp³-hybridized carbons (Fsp3) is 0.385. The molecule has 0 spiro atoms.